The molecule has 6 heteroatoms. The highest BCUT2D eigenvalue weighted by molar-refractivity contribution is 5.76. The predicted octanol–water partition coefficient (Wildman–Crippen LogP) is 0.110. The molecule has 0 aliphatic heterocycles. The average molecular weight is 246 g/mol. The molecule has 0 aromatic carbocycles. The van der Waals surface area contributed by atoms with Crippen molar-refractivity contribution < 1.29 is 19.4 Å². The van der Waals surface area contributed by atoms with E-state index in [1.165, 1.54) is 7.11 Å². The number of hydrogen-bond acceptors (Lipinski definition) is 4. The number of carbonyl (C=O) groups is 2. The first-order chi connectivity index (χ1) is 7.74. The third kappa shape index (κ3) is 9.77. The molecule has 100 valence electrons. The highest BCUT2D eigenvalue weighted by Crippen LogP contribution is 2.06. The topological polar surface area (TPSA) is 102 Å². The molecular weight excluding hydrogens is 224 g/mol. The molecule has 0 rings (SSSR count). The van der Waals surface area contributed by atoms with Gasteiger partial charge in [-0.25, -0.2) is 0 Å². The predicted molar refractivity (Wildman–Crippen MR) is 63.6 cm³/mol. The average Bonchev–Trinajstić information content (AvgIpc) is 2.19. The van der Waals surface area contributed by atoms with Crippen LogP contribution >= 0.6 is 0 Å². The van der Waals surface area contributed by atoms with Crippen LogP contribution in [0.3, 0.4) is 0 Å². The van der Waals surface area contributed by atoms with E-state index in [2.05, 4.69) is 5.32 Å². The molecule has 0 aromatic heterocycles. The van der Waals surface area contributed by atoms with Crippen molar-refractivity contribution in [2.24, 2.45) is 5.73 Å². The van der Waals surface area contributed by atoms with Crippen molar-refractivity contribution in [3.05, 3.63) is 0 Å². The van der Waals surface area contributed by atoms with E-state index in [0.717, 1.165) is 0 Å². The number of carboxylic acid groups (broad SMARTS) is 1. The van der Waals surface area contributed by atoms with Crippen molar-refractivity contribution in [3.63, 3.8) is 0 Å². The van der Waals surface area contributed by atoms with Crippen LogP contribution in [0.25, 0.3) is 0 Å². The molecule has 0 aromatic rings. The Hall–Kier alpha value is -1.14. The summed E-state index contributed by atoms with van der Waals surface area (Å²) in [5, 5.41) is 11.2. The molecule has 0 saturated heterocycles. The van der Waals surface area contributed by atoms with Gasteiger partial charge in [-0.1, -0.05) is 0 Å². The van der Waals surface area contributed by atoms with Crippen molar-refractivity contribution in [3.8, 4) is 0 Å². The van der Waals surface area contributed by atoms with Crippen molar-refractivity contribution in [2.75, 3.05) is 13.7 Å². The number of aliphatic carboxylic acids is 1. The fraction of sp³-hybridized carbons (Fsp3) is 0.818. The Morgan fingerprint density at radius 1 is 1.47 bits per heavy atom. The van der Waals surface area contributed by atoms with E-state index >= 15 is 0 Å². The van der Waals surface area contributed by atoms with Gasteiger partial charge in [0.2, 0.25) is 5.91 Å². The van der Waals surface area contributed by atoms with Crippen molar-refractivity contribution in [2.45, 2.75) is 44.8 Å². The number of carbonyl (C=O) groups excluding carboxylic acids is 1. The van der Waals surface area contributed by atoms with E-state index in [4.69, 9.17) is 15.6 Å². The first-order valence-corrected chi connectivity index (χ1v) is 5.55. The minimum absolute atomic E-state index is 0.126. The maximum atomic E-state index is 11.4. The number of hydrogen-bond donors (Lipinski definition) is 3. The SMILES string of the molecule is COC(CNC(=O)CCC(C)(C)N)CC(=O)O. The van der Waals surface area contributed by atoms with Crippen LogP contribution in [0.4, 0.5) is 0 Å². The monoisotopic (exact) mass is 246 g/mol. The number of nitrogens with one attached hydrogen (secondary N) is 1. The van der Waals surface area contributed by atoms with Crippen LogP contribution in [-0.4, -0.2) is 42.3 Å². The van der Waals surface area contributed by atoms with Gasteiger partial charge in [-0.3, -0.25) is 9.59 Å². The van der Waals surface area contributed by atoms with Gasteiger partial charge in [0.15, 0.2) is 0 Å². The second-order valence-electron chi connectivity index (χ2n) is 4.75. The van der Waals surface area contributed by atoms with E-state index in [0.29, 0.717) is 12.8 Å². The molecule has 0 bridgehead atoms. The van der Waals surface area contributed by atoms with Gasteiger partial charge in [0.1, 0.15) is 0 Å². The van der Waals surface area contributed by atoms with Crippen LogP contribution in [0, 0.1) is 0 Å². The summed E-state index contributed by atoms with van der Waals surface area (Å²) in [6, 6.07) is 0. The van der Waals surface area contributed by atoms with E-state index in [9.17, 15) is 9.59 Å². The minimum atomic E-state index is -0.950. The summed E-state index contributed by atoms with van der Waals surface area (Å²) in [6.07, 6.45) is 0.282. The quantitative estimate of drug-likeness (QED) is 0.564. The number of rotatable bonds is 8. The normalized spacial score (nSPS) is 13.2. The van der Waals surface area contributed by atoms with Gasteiger partial charge in [-0.15, -0.1) is 0 Å². The van der Waals surface area contributed by atoms with Crippen LogP contribution in [0.1, 0.15) is 33.1 Å². The van der Waals surface area contributed by atoms with Gasteiger partial charge < -0.3 is 20.9 Å². The lowest BCUT2D eigenvalue weighted by Crippen LogP contribution is -2.37. The second-order valence-corrected chi connectivity index (χ2v) is 4.75. The van der Waals surface area contributed by atoms with Crippen molar-refractivity contribution in [1.29, 1.82) is 0 Å². The molecule has 17 heavy (non-hydrogen) atoms. The van der Waals surface area contributed by atoms with Crippen molar-refractivity contribution in [1.82, 2.24) is 5.32 Å². The molecule has 0 fully saturated rings. The largest absolute Gasteiger partial charge is 0.481 e. The fourth-order valence-corrected chi connectivity index (χ4v) is 1.19. The summed E-state index contributed by atoms with van der Waals surface area (Å²) >= 11 is 0. The third-order valence-electron chi connectivity index (χ3n) is 2.26. The lowest BCUT2D eigenvalue weighted by Gasteiger charge is -2.18. The molecule has 0 aliphatic rings. The van der Waals surface area contributed by atoms with Crippen LogP contribution in [0.5, 0.6) is 0 Å². The molecular formula is C11H22N2O4. The Morgan fingerprint density at radius 2 is 2.06 bits per heavy atom. The molecule has 1 amide bonds. The van der Waals surface area contributed by atoms with Gasteiger partial charge in [-0.05, 0) is 20.3 Å². The number of nitrogens with two attached hydrogens (primary N) is 1. The van der Waals surface area contributed by atoms with Gasteiger partial charge >= 0.3 is 5.97 Å². The molecule has 0 aliphatic carbocycles. The van der Waals surface area contributed by atoms with Crippen LogP contribution in [0.2, 0.25) is 0 Å². The standard InChI is InChI=1S/C11H22N2O4/c1-11(2,12)5-4-9(14)13-7-8(17-3)6-10(15)16/h8H,4-7,12H2,1-3H3,(H,13,14)(H,15,16). The van der Waals surface area contributed by atoms with E-state index in [1.807, 2.05) is 13.8 Å². The Kier molecular flexibility index (Phi) is 6.75. The van der Waals surface area contributed by atoms with Gasteiger partial charge in [0.05, 0.1) is 12.5 Å². The molecule has 4 N–H and O–H groups in total. The number of methoxy groups -OCH3 is 1. The highest BCUT2D eigenvalue weighted by atomic mass is 16.5. The second kappa shape index (κ2) is 7.24. The van der Waals surface area contributed by atoms with Gasteiger partial charge in [0.25, 0.3) is 0 Å². The third-order valence-corrected chi connectivity index (χ3v) is 2.26. The zero-order chi connectivity index (χ0) is 13.5. The number of ether oxygens (including phenoxy) is 1. The Labute approximate surface area is 102 Å². The fourth-order valence-electron chi connectivity index (χ4n) is 1.19. The Balaban J connectivity index is 3.85. The summed E-state index contributed by atoms with van der Waals surface area (Å²) < 4.78 is 4.94. The smallest absolute Gasteiger partial charge is 0.306 e. The minimum Gasteiger partial charge on any atom is -0.481 e. The van der Waals surface area contributed by atoms with Crippen LogP contribution in [0.15, 0.2) is 0 Å². The summed E-state index contributed by atoms with van der Waals surface area (Å²) in [7, 11) is 1.42. The molecule has 1 unspecified atom stereocenters. The summed E-state index contributed by atoms with van der Waals surface area (Å²) in [6.45, 7) is 3.90. The van der Waals surface area contributed by atoms with E-state index in [1.54, 1.807) is 0 Å². The maximum absolute atomic E-state index is 11.4. The van der Waals surface area contributed by atoms with Crippen LogP contribution < -0.4 is 11.1 Å². The molecule has 1 atom stereocenters. The first-order valence-electron chi connectivity index (χ1n) is 5.55. The number of carboxylic acids is 1. The van der Waals surface area contributed by atoms with Gasteiger partial charge in [-0.2, -0.15) is 0 Å². The maximum Gasteiger partial charge on any atom is 0.306 e. The van der Waals surface area contributed by atoms with Crippen molar-refractivity contribution >= 4 is 11.9 Å². The zero-order valence-electron chi connectivity index (χ0n) is 10.7. The zero-order valence-corrected chi connectivity index (χ0v) is 10.7. The first kappa shape index (κ1) is 15.9. The Bertz CT molecular complexity index is 261. The molecule has 6 nitrogen and oxygen atoms in total. The molecule has 0 radical (unpaired) electrons. The lowest BCUT2D eigenvalue weighted by molar-refractivity contribution is -0.140. The summed E-state index contributed by atoms with van der Waals surface area (Å²) in [5.41, 5.74) is 5.37. The number of amides is 1. The van der Waals surface area contributed by atoms with E-state index < -0.39 is 12.1 Å². The highest BCUT2D eigenvalue weighted by Gasteiger charge is 2.16. The molecule has 0 heterocycles. The molecule has 0 spiro atoms. The van der Waals surface area contributed by atoms with Gasteiger partial charge in [0, 0.05) is 25.6 Å². The Morgan fingerprint density at radius 3 is 2.47 bits per heavy atom. The van der Waals surface area contributed by atoms with E-state index in [-0.39, 0.29) is 24.4 Å². The summed E-state index contributed by atoms with van der Waals surface area (Å²) in [4.78, 5) is 21.9. The lowest BCUT2D eigenvalue weighted by atomic mass is 10.00. The molecule has 0 saturated carbocycles. The van der Waals surface area contributed by atoms with Crippen LogP contribution in [-0.2, 0) is 14.3 Å². The summed E-state index contributed by atoms with van der Waals surface area (Å²) in [5.74, 6) is -1.09.